The van der Waals surface area contributed by atoms with Crippen molar-refractivity contribution >= 4 is 29.8 Å². The highest BCUT2D eigenvalue weighted by Gasteiger charge is 2.34. The Bertz CT molecular complexity index is 824. The largest absolute Gasteiger partial charge is 0.433 e. The lowest BCUT2D eigenvalue weighted by Gasteiger charge is -2.12. The van der Waals surface area contributed by atoms with Crippen molar-refractivity contribution in [2.24, 2.45) is 10.7 Å². The van der Waals surface area contributed by atoms with Gasteiger partial charge in [-0.3, -0.25) is 14.9 Å². The van der Waals surface area contributed by atoms with E-state index in [0.717, 1.165) is 12.3 Å². The van der Waals surface area contributed by atoms with Crippen molar-refractivity contribution in [3.63, 3.8) is 0 Å². The monoisotopic (exact) mass is 350 g/mol. The van der Waals surface area contributed by atoms with Crippen LogP contribution in [0.2, 0.25) is 0 Å². The number of primary amides is 1. The molecule has 4 N–H and O–H groups in total. The number of hydrogen-bond acceptors (Lipinski definition) is 5. The lowest BCUT2D eigenvalue weighted by atomic mass is 10.1. The zero-order valence-electron chi connectivity index (χ0n) is 12.7. The summed E-state index contributed by atoms with van der Waals surface area (Å²) in [5.74, 6) is -0.577. The fourth-order valence-corrected chi connectivity index (χ4v) is 1.88. The summed E-state index contributed by atoms with van der Waals surface area (Å²) < 4.78 is 39.3. The molecule has 1 amide bonds. The van der Waals surface area contributed by atoms with Crippen molar-refractivity contribution in [1.29, 1.82) is 0 Å². The minimum Gasteiger partial charge on any atom is -0.365 e. The number of hydrogen-bond donors (Lipinski definition) is 3. The first-order chi connectivity index (χ1) is 11.8. The Morgan fingerprint density at radius 3 is 2.68 bits per heavy atom. The molecule has 0 aliphatic rings. The van der Waals surface area contributed by atoms with Gasteiger partial charge < -0.3 is 11.1 Å². The molecule has 0 spiro atoms. The van der Waals surface area contributed by atoms with E-state index in [9.17, 15) is 18.0 Å². The van der Waals surface area contributed by atoms with Crippen molar-refractivity contribution < 1.29 is 18.0 Å². The zero-order chi connectivity index (χ0) is 18.4. The number of aromatic amines is 1. The van der Waals surface area contributed by atoms with Crippen LogP contribution in [0.3, 0.4) is 0 Å². The highest BCUT2D eigenvalue weighted by atomic mass is 19.4. The molecule has 0 saturated carbocycles. The standard InChI is InChI=1S/C15H13F3N6O/c1-2-5-20-10(15(16,17)18)8-9-3-6-21-14(12(9)13(19)25)23-11-4-7-22-24-11/h2-8H,1H2,(H2,19,25)(H2,21,22,23,24)/b10-8+,20-5?. The van der Waals surface area contributed by atoms with Gasteiger partial charge >= 0.3 is 6.18 Å². The highest BCUT2D eigenvalue weighted by Crippen LogP contribution is 2.30. The summed E-state index contributed by atoms with van der Waals surface area (Å²) >= 11 is 0. The fraction of sp³-hybridized carbons (Fsp3) is 0.0667. The van der Waals surface area contributed by atoms with Gasteiger partial charge in [-0.15, -0.1) is 0 Å². The molecule has 0 atom stereocenters. The van der Waals surface area contributed by atoms with Gasteiger partial charge in [-0.05, 0) is 17.7 Å². The van der Waals surface area contributed by atoms with Crippen LogP contribution in [0.25, 0.3) is 6.08 Å². The Morgan fingerprint density at radius 1 is 1.36 bits per heavy atom. The maximum atomic E-state index is 13.1. The van der Waals surface area contributed by atoms with Crippen LogP contribution in [0, 0.1) is 0 Å². The summed E-state index contributed by atoms with van der Waals surface area (Å²) in [5, 5.41) is 9.02. The summed E-state index contributed by atoms with van der Waals surface area (Å²) in [6.45, 7) is 3.28. The second kappa shape index (κ2) is 7.43. The third-order valence-corrected chi connectivity index (χ3v) is 2.89. The molecule has 2 aromatic rings. The lowest BCUT2D eigenvalue weighted by molar-refractivity contribution is -0.0912. The van der Waals surface area contributed by atoms with Gasteiger partial charge in [0.05, 0.1) is 11.8 Å². The smallest absolute Gasteiger partial charge is 0.365 e. The highest BCUT2D eigenvalue weighted by molar-refractivity contribution is 6.01. The first kappa shape index (κ1) is 17.9. The van der Waals surface area contributed by atoms with Crippen LogP contribution in [0.4, 0.5) is 24.8 Å². The molecule has 2 rings (SSSR count). The number of allylic oxidation sites excluding steroid dienone is 2. The number of nitrogens with two attached hydrogens (primary N) is 1. The van der Waals surface area contributed by atoms with E-state index in [1.54, 1.807) is 6.07 Å². The molecule has 2 aromatic heterocycles. The van der Waals surface area contributed by atoms with Crippen LogP contribution in [0.1, 0.15) is 15.9 Å². The van der Waals surface area contributed by atoms with Gasteiger partial charge in [0.15, 0.2) is 0 Å². The Labute approximate surface area is 140 Å². The normalized spacial score (nSPS) is 12.4. The summed E-state index contributed by atoms with van der Waals surface area (Å²) in [4.78, 5) is 19.0. The molecule has 7 nitrogen and oxygen atoms in total. The van der Waals surface area contributed by atoms with Gasteiger partial charge in [-0.1, -0.05) is 12.7 Å². The van der Waals surface area contributed by atoms with Crippen LogP contribution in [-0.4, -0.2) is 33.5 Å². The number of anilines is 2. The van der Waals surface area contributed by atoms with Crippen molar-refractivity contribution in [1.82, 2.24) is 15.2 Å². The topological polar surface area (TPSA) is 109 Å². The van der Waals surface area contributed by atoms with Crippen LogP contribution >= 0.6 is 0 Å². The Kier molecular flexibility index (Phi) is 5.32. The summed E-state index contributed by atoms with van der Waals surface area (Å²) in [5.41, 5.74) is 3.80. The molecule has 25 heavy (non-hydrogen) atoms. The number of aliphatic imine (C=N–C) groups is 1. The third-order valence-electron chi connectivity index (χ3n) is 2.89. The Hall–Kier alpha value is -3.43. The maximum absolute atomic E-state index is 13.1. The number of nitrogens with one attached hydrogen (secondary N) is 2. The average Bonchev–Trinajstić information content (AvgIpc) is 3.03. The fourth-order valence-electron chi connectivity index (χ4n) is 1.88. The van der Waals surface area contributed by atoms with Crippen molar-refractivity contribution in [2.75, 3.05) is 5.32 Å². The molecular formula is C15H13F3N6O. The van der Waals surface area contributed by atoms with Crippen LogP contribution in [-0.2, 0) is 0 Å². The summed E-state index contributed by atoms with van der Waals surface area (Å²) in [6, 6.07) is 2.78. The Morgan fingerprint density at radius 2 is 2.12 bits per heavy atom. The number of amides is 1. The number of carbonyl (C=O) groups excluding carboxylic acids is 1. The van der Waals surface area contributed by atoms with E-state index < -0.39 is 17.8 Å². The third kappa shape index (κ3) is 4.53. The predicted molar refractivity (Wildman–Crippen MR) is 87.3 cm³/mol. The van der Waals surface area contributed by atoms with Crippen molar-refractivity contribution in [2.45, 2.75) is 6.18 Å². The molecule has 0 aliphatic carbocycles. The van der Waals surface area contributed by atoms with E-state index in [2.05, 4.69) is 32.1 Å². The molecule has 130 valence electrons. The number of alkyl halides is 3. The van der Waals surface area contributed by atoms with E-state index in [-0.39, 0.29) is 16.9 Å². The van der Waals surface area contributed by atoms with Gasteiger partial charge in [0, 0.05) is 18.5 Å². The minimum atomic E-state index is -4.73. The molecule has 0 aliphatic heterocycles. The number of nitrogens with zero attached hydrogens (tertiary/aromatic N) is 3. The molecule has 10 heteroatoms. The number of pyridine rings is 1. The second-order valence-corrected chi connectivity index (χ2v) is 4.62. The first-order valence-electron chi connectivity index (χ1n) is 6.82. The van der Waals surface area contributed by atoms with Crippen LogP contribution in [0.15, 0.2) is 47.9 Å². The molecular weight excluding hydrogens is 337 g/mol. The van der Waals surface area contributed by atoms with E-state index in [4.69, 9.17) is 5.73 Å². The predicted octanol–water partition coefficient (Wildman–Crippen LogP) is 2.81. The minimum absolute atomic E-state index is 0.0141. The molecule has 2 heterocycles. The SMILES string of the molecule is C=CC=N/C(=C/c1ccnc(Nc2ccn[nH]2)c1C(N)=O)C(F)(F)F. The quantitative estimate of drug-likeness (QED) is 0.696. The lowest BCUT2D eigenvalue weighted by Crippen LogP contribution is -2.17. The van der Waals surface area contributed by atoms with E-state index in [1.807, 2.05) is 0 Å². The number of aromatic nitrogens is 3. The number of H-pyrrole nitrogens is 1. The zero-order valence-corrected chi connectivity index (χ0v) is 12.7. The summed E-state index contributed by atoms with van der Waals surface area (Å²) in [6.07, 6.45) is 0.666. The van der Waals surface area contributed by atoms with Crippen molar-refractivity contribution in [3.8, 4) is 0 Å². The van der Waals surface area contributed by atoms with Gasteiger partial charge in [-0.25, -0.2) is 4.98 Å². The van der Waals surface area contributed by atoms with Crippen molar-refractivity contribution in [3.05, 3.63) is 54.0 Å². The van der Waals surface area contributed by atoms with E-state index in [1.165, 1.54) is 18.5 Å². The first-order valence-corrected chi connectivity index (χ1v) is 6.82. The molecule has 0 unspecified atom stereocenters. The van der Waals surface area contributed by atoms with Crippen LogP contribution < -0.4 is 11.1 Å². The number of halogens is 3. The molecule has 0 radical (unpaired) electrons. The molecule has 0 saturated heterocycles. The molecule has 0 bridgehead atoms. The van der Waals surface area contributed by atoms with Crippen LogP contribution in [0.5, 0.6) is 0 Å². The van der Waals surface area contributed by atoms with Gasteiger partial charge in [-0.2, -0.15) is 18.3 Å². The van der Waals surface area contributed by atoms with E-state index >= 15 is 0 Å². The average molecular weight is 350 g/mol. The van der Waals surface area contributed by atoms with E-state index in [0.29, 0.717) is 11.9 Å². The van der Waals surface area contributed by atoms with Gasteiger partial charge in [0.1, 0.15) is 17.3 Å². The maximum Gasteiger partial charge on any atom is 0.433 e. The number of rotatable bonds is 6. The molecule has 0 fully saturated rings. The molecule has 0 aromatic carbocycles. The second-order valence-electron chi connectivity index (χ2n) is 4.62. The Balaban J connectivity index is 2.56. The van der Waals surface area contributed by atoms with Gasteiger partial charge in [0.2, 0.25) is 0 Å². The van der Waals surface area contributed by atoms with Gasteiger partial charge in [0.25, 0.3) is 5.91 Å². The number of carbonyl (C=O) groups is 1. The summed E-state index contributed by atoms with van der Waals surface area (Å²) in [7, 11) is 0.